The number of esters is 2. The second-order valence-electron chi connectivity index (χ2n) is 4.43. The van der Waals surface area contributed by atoms with E-state index in [0.29, 0.717) is 19.6 Å². The summed E-state index contributed by atoms with van der Waals surface area (Å²) in [6, 6.07) is 5.60. The van der Waals surface area contributed by atoms with Crippen LogP contribution >= 0.6 is 0 Å². The Hall–Kier alpha value is -1.91. The number of hydrogen-bond acceptors (Lipinski definition) is 5. The van der Waals surface area contributed by atoms with Gasteiger partial charge in [0.1, 0.15) is 0 Å². The van der Waals surface area contributed by atoms with Gasteiger partial charge in [-0.3, -0.25) is 14.6 Å². The van der Waals surface area contributed by atoms with Gasteiger partial charge in [-0.05, 0) is 32.9 Å². The van der Waals surface area contributed by atoms with Crippen molar-refractivity contribution in [3.8, 4) is 0 Å². The van der Waals surface area contributed by atoms with Gasteiger partial charge < -0.3 is 9.47 Å². The van der Waals surface area contributed by atoms with Crippen LogP contribution in [0.3, 0.4) is 0 Å². The Balaban J connectivity index is 2.76. The summed E-state index contributed by atoms with van der Waals surface area (Å²) in [6.07, 6.45) is 0.390. The van der Waals surface area contributed by atoms with Gasteiger partial charge in [0, 0.05) is 17.8 Å². The molecule has 1 aromatic rings. The predicted octanol–water partition coefficient (Wildman–Crippen LogP) is 2.07. The van der Waals surface area contributed by atoms with Gasteiger partial charge in [-0.2, -0.15) is 0 Å². The molecule has 1 heterocycles. The average molecular weight is 279 g/mol. The predicted molar refractivity (Wildman–Crippen MR) is 74.1 cm³/mol. The Bertz CT molecular complexity index is 459. The molecule has 0 saturated carbocycles. The van der Waals surface area contributed by atoms with Gasteiger partial charge in [0.05, 0.1) is 25.6 Å². The molecule has 0 aromatic carbocycles. The lowest BCUT2D eigenvalue weighted by molar-refractivity contribution is -0.154. The van der Waals surface area contributed by atoms with Gasteiger partial charge in [0.15, 0.2) is 0 Å². The molecule has 0 amide bonds. The zero-order chi connectivity index (χ0) is 15.0. The molecule has 0 saturated heterocycles. The molecule has 1 rings (SSSR count). The molecule has 0 fully saturated rings. The minimum absolute atomic E-state index is 0.0162. The molecule has 0 bridgehead atoms. The number of ether oxygens (including phenoxy) is 2. The van der Waals surface area contributed by atoms with Crippen molar-refractivity contribution in [3.05, 3.63) is 29.6 Å². The lowest BCUT2D eigenvalue weighted by Crippen LogP contribution is -2.24. The van der Waals surface area contributed by atoms with Crippen LogP contribution < -0.4 is 0 Å². The Labute approximate surface area is 119 Å². The molecular weight excluding hydrogens is 258 g/mol. The lowest BCUT2D eigenvalue weighted by Gasteiger charge is -2.14. The molecule has 1 aromatic heterocycles. The molecule has 5 heteroatoms. The summed E-state index contributed by atoms with van der Waals surface area (Å²) in [4.78, 5) is 27.8. The van der Waals surface area contributed by atoms with E-state index in [2.05, 4.69) is 4.98 Å². The highest BCUT2D eigenvalue weighted by atomic mass is 16.5. The van der Waals surface area contributed by atoms with E-state index in [1.165, 1.54) is 0 Å². The van der Waals surface area contributed by atoms with Crippen LogP contribution in [0.25, 0.3) is 0 Å². The smallest absolute Gasteiger partial charge is 0.309 e. The van der Waals surface area contributed by atoms with Crippen LogP contribution in [0.15, 0.2) is 18.2 Å². The van der Waals surface area contributed by atoms with Crippen molar-refractivity contribution in [2.45, 2.75) is 33.6 Å². The number of carbonyl (C=O) groups excluding carboxylic acids is 2. The van der Waals surface area contributed by atoms with E-state index in [9.17, 15) is 9.59 Å². The normalized spacial score (nSPS) is 11.8. The summed E-state index contributed by atoms with van der Waals surface area (Å²) >= 11 is 0. The Kier molecular flexibility index (Phi) is 6.70. The van der Waals surface area contributed by atoms with E-state index in [1.807, 2.05) is 25.1 Å². The van der Waals surface area contributed by atoms with Gasteiger partial charge in [-0.15, -0.1) is 0 Å². The quantitative estimate of drug-likeness (QED) is 0.715. The summed E-state index contributed by atoms with van der Waals surface area (Å²) in [5.74, 6) is -1.33. The zero-order valence-corrected chi connectivity index (χ0v) is 12.2. The fraction of sp³-hybridized carbons (Fsp3) is 0.533. The molecule has 5 nitrogen and oxygen atoms in total. The van der Waals surface area contributed by atoms with Crippen molar-refractivity contribution in [1.29, 1.82) is 0 Å². The first-order valence-electron chi connectivity index (χ1n) is 6.81. The number of rotatable bonds is 7. The zero-order valence-electron chi connectivity index (χ0n) is 12.2. The average Bonchev–Trinajstić information content (AvgIpc) is 2.38. The highest BCUT2D eigenvalue weighted by Crippen LogP contribution is 2.14. The standard InChI is InChI=1S/C15H21NO4/c1-4-19-14(17)10-12(15(18)20-5-2)9-13-8-6-7-11(3)16-13/h6-8,12H,4-5,9-10H2,1-3H3. The van der Waals surface area contributed by atoms with E-state index < -0.39 is 11.9 Å². The Morgan fingerprint density at radius 2 is 1.90 bits per heavy atom. The first-order chi connectivity index (χ1) is 9.56. The van der Waals surface area contributed by atoms with Crippen molar-refractivity contribution in [1.82, 2.24) is 4.98 Å². The fourth-order valence-corrected chi connectivity index (χ4v) is 1.89. The topological polar surface area (TPSA) is 65.5 Å². The van der Waals surface area contributed by atoms with Crippen molar-refractivity contribution in [2.24, 2.45) is 5.92 Å². The van der Waals surface area contributed by atoms with Crippen molar-refractivity contribution in [2.75, 3.05) is 13.2 Å². The van der Waals surface area contributed by atoms with Crippen LogP contribution in [0.4, 0.5) is 0 Å². The maximum atomic E-state index is 11.9. The summed E-state index contributed by atoms with van der Waals surface area (Å²) in [7, 11) is 0. The molecule has 1 unspecified atom stereocenters. The third-order valence-electron chi connectivity index (χ3n) is 2.74. The Morgan fingerprint density at radius 1 is 1.20 bits per heavy atom. The van der Waals surface area contributed by atoms with Gasteiger partial charge in [-0.1, -0.05) is 6.07 Å². The van der Waals surface area contributed by atoms with E-state index in [-0.39, 0.29) is 12.4 Å². The molecule has 110 valence electrons. The highest BCUT2D eigenvalue weighted by Gasteiger charge is 2.24. The molecule has 0 aliphatic rings. The van der Waals surface area contributed by atoms with Crippen molar-refractivity contribution < 1.29 is 19.1 Å². The molecule has 0 radical (unpaired) electrons. The first kappa shape index (κ1) is 16.1. The van der Waals surface area contributed by atoms with Gasteiger partial charge in [0.25, 0.3) is 0 Å². The maximum absolute atomic E-state index is 11.9. The lowest BCUT2D eigenvalue weighted by atomic mass is 9.99. The molecular formula is C15H21NO4. The highest BCUT2D eigenvalue weighted by molar-refractivity contribution is 5.80. The largest absolute Gasteiger partial charge is 0.466 e. The SMILES string of the molecule is CCOC(=O)CC(Cc1cccc(C)n1)C(=O)OCC. The number of carbonyl (C=O) groups is 2. The van der Waals surface area contributed by atoms with Gasteiger partial charge in [0.2, 0.25) is 0 Å². The fourth-order valence-electron chi connectivity index (χ4n) is 1.89. The van der Waals surface area contributed by atoms with E-state index >= 15 is 0 Å². The molecule has 0 aliphatic heterocycles. The maximum Gasteiger partial charge on any atom is 0.309 e. The minimum Gasteiger partial charge on any atom is -0.466 e. The van der Waals surface area contributed by atoms with E-state index in [1.54, 1.807) is 13.8 Å². The monoisotopic (exact) mass is 279 g/mol. The summed E-state index contributed by atoms with van der Waals surface area (Å²) in [5, 5.41) is 0. The van der Waals surface area contributed by atoms with Gasteiger partial charge >= 0.3 is 11.9 Å². The second kappa shape index (κ2) is 8.30. The van der Waals surface area contributed by atoms with Crippen molar-refractivity contribution in [3.63, 3.8) is 0 Å². The number of nitrogens with zero attached hydrogens (tertiary/aromatic N) is 1. The molecule has 1 atom stereocenters. The third kappa shape index (κ3) is 5.38. The Morgan fingerprint density at radius 3 is 2.50 bits per heavy atom. The van der Waals surface area contributed by atoms with Crippen LogP contribution in [0, 0.1) is 12.8 Å². The second-order valence-corrected chi connectivity index (χ2v) is 4.43. The molecule has 0 aliphatic carbocycles. The van der Waals surface area contributed by atoms with Crippen LogP contribution in [-0.4, -0.2) is 30.1 Å². The van der Waals surface area contributed by atoms with Crippen LogP contribution in [0.1, 0.15) is 31.7 Å². The van der Waals surface area contributed by atoms with E-state index in [0.717, 1.165) is 11.4 Å². The third-order valence-corrected chi connectivity index (χ3v) is 2.74. The number of hydrogen-bond donors (Lipinski definition) is 0. The van der Waals surface area contributed by atoms with Crippen LogP contribution in [0.2, 0.25) is 0 Å². The van der Waals surface area contributed by atoms with Crippen LogP contribution in [-0.2, 0) is 25.5 Å². The molecule has 20 heavy (non-hydrogen) atoms. The molecule has 0 N–H and O–H groups in total. The summed E-state index contributed by atoms with van der Waals surface area (Å²) < 4.78 is 9.91. The summed E-state index contributed by atoms with van der Waals surface area (Å²) in [5.41, 5.74) is 1.65. The van der Waals surface area contributed by atoms with Crippen molar-refractivity contribution >= 4 is 11.9 Å². The summed E-state index contributed by atoms with van der Waals surface area (Å²) in [6.45, 7) is 5.95. The van der Waals surface area contributed by atoms with E-state index in [4.69, 9.17) is 9.47 Å². The number of aromatic nitrogens is 1. The van der Waals surface area contributed by atoms with Gasteiger partial charge in [-0.25, -0.2) is 0 Å². The minimum atomic E-state index is -0.553. The first-order valence-corrected chi connectivity index (χ1v) is 6.81. The molecule has 0 spiro atoms. The number of aryl methyl sites for hydroxylation is 1. The number of pyridine rings is 1. The van der Waals surface area contributed by atoms with Crippen LogP contribution in [0.5, 0.6) is 0 Å².